The number of phenols is 1. The van der Waals surface area contributed by atoms with Crippen LogP contribution in [0.25, 0.3) is 0 Å². The summed E-state index contributed by atoms with van der Waals surface area (Å²) in [4.78, 5) is 26.7. The lowest BCUT2D eigenvalue weighted by Crippen LogP contribution is -2.51. The largest absolute Gasteiger partial charge is 0.508 e. The van der Waals surface area contributed by atoms with Gasteiger partial charge in [-0.15, -0.1) is 0 Å². The molecule has 2 amide bonds. The zero-order chi connectivity index (χ0) is 19.9. The first-order valence-electron chi connectivity index (χ1n) is 9.09. The highest BCUT2D eigenvalue weighted by atomic mass is 19.3. The highest BCUT2D eigenvalue weighted by Gasteiger charge is 2.46. The first kappa shape index (κ1) is 18.4. The van der Waals surface area contributed by atoms with E-state index < -0.39 is 12.0 Å². The van der Waals surface area contributed by atoms with Crippen molar-refractivity contribution >= 4 is 11.8 Å². The van der Waals surface area contributed by atoms with Crippen LogP contribution in [0.3, 0.4) is 0 Å². The average molecular weight is 390 g/mol. The Morgan fingerprint density at radius 1 is 1.29 bits per heavy atom. The van der Waals surface area contributed by atoms with Crippen LogP contribution in [0, 0.1) is 0 Å². The summed E-state index contributed by atoms with van der Waals surface area (Å²) < 4.78 is 27.6. The maximum Gasteiger partial charge on any atom is 0.254 e. The number of carbonyl (C=O) groups is 2. The van der Waals surface area contributed by atoms with E-state index in [-0.39, 0.29) is 49.4 Å². The number of nitrogens with one attached hydrogen (secondary N) is 1. The van der Waals surface area contributed by atoms with Crippen molar-refractivity contribution in [3.63, 3.8) is 0 Å². The van der Waals surface area contributed by atoms with E-state index in [1.165, 1.54) is 12.1 Å². The van der Waals surface area contributed by atoms with Gasteiger partial charge in [0.2, 0.25) is 5.91 Å². The molecule has 1 unspecified atom stereocenters. The minimum Gasteiger partial charge on any atom is -0.508 e. The van der Waals surface area contributed by atoms with Crippen LogP contribution in [0.15, 0.2) is 36.5 Å². The zero-order valence-corrected chi connectivity index (χ0v) is 15.0. The average Bonchev–Trinajstić information content (AvgIpc) is 3.08. The van der Waals surface area contributed by atoms with Crippen LogP contribution in [0.5, 0.6) is 5.75 Å². The Morgan fingerprint density at radius 3 is 2.79 bits per heavy atom. The van der Waals surface area contributed by atoms with Crippen LogP contribution in [0.2, 0.25) is 0 Å². The Kier molecular flexibility index (Phi) is 4.52. The molecule has 7 nitrogen and oxygen atoms in total. The summed E-state index contributed by atoms with van der Waals surface area (Å²) in [5.41, 5.74) is 1.14. The van der Waals surface area contributed by atoms with Crippen LogP contribution < -0.4 is 5.32 Å². The molecule has 0 spiro atoms. The summed E-state index contributed by atoms with van der Waals surface area (Å²) in [6.45, 7) is 0.596. The number of nitrogens with zero attached hydrogens (tertiary/aromatic N) is 3. The van der Waals surface area contributed by atoms with Crippen LogP contribution in [-0.4, -0.2) is 50.1 Å². The summed E-state index contributed by atoms with van der Waals surface area (Å²) >= 11 is 0. The second-order valence-electron chi connectivity index (χ2n) is 7.39. The van der Waals surface area contributed by atoms with Crippen molar-refractivity contribution in [3.8, 4) is 5.75 Å². The predicted octanol–water partition coefficient (Wildman–Crippen LogP) is 2.09. The van der Waals surface area contributed by atoms with E-state index in [2.05, 4.69) is 10.4 Å². The monoisotopic (exact) mass is 390 g/mol. The highest BCUT2D eigenvalue weighted by Crippen LogP contribution is 2.37. The molecular weight excluding hydrogens is 370 g/mol. The lowest BCUT2D eigenvalue weighted by Gasteiger charge is -2.37. The molecule has 2 heterocycles. The molecule has 1 aromatic heterocycles. The highest BCUT2D eigenvalue weighted by molar-refractivity contribution is 5.94. The van der Waals surface area contributed by atoms with E-state index in [1.54, 1.807) is 34.0 Å². The third-order valence-corrected chi connectivity index (χ3v) is 5.14. The van der Waals surface area contributed by atoms with E-state index in [9.17, 15) is 23.5 Å². The van der Waals surface area contributed by atoms with E-state index >= 15 is 0 Å². The molecule has 148 valence electrons. The third-order valence-electron chi connectivity index (χ3n) is 5.14. The molecule has 9 heteroatoms. The maximum atomic E-state index is 13.0. The Hall–Kier alpha value is -2.97. The number of halogens is 2. The number of hydrogen-bond acceptors (Lipinski definition) is 4. The van der Waals surface area contributed by atoms with Crippen LogP contribution >= 0.6 is 0 Å². The predicted molar refractivity (Wildman–Crippen MR) is 94.8 cm³/mol. The summed E-state index contributed by atoms with van der Waals surface area (Å²) in [6, 6.07) is 6.97. The van der Waals surface area contributed by atoms with Gasteiger partial charge in [0.1, 0.15) is 5.75 Å². The Morgan fingerprint density at radius 2 is 2.07 bits per heavy atom. The molecule has 1 aliphatic heterocycles. The maximum absolute atomic E-state index is 13.0. The molecule has 2 aliphatic rings. The minimum atomic E-state index is -2.69. The number of aromatic nitrogens is 2. The minimum absolute atomic E-state index is 0.00105. The first-order chi connectivity index (χ1) is 13.3. The number of fused-ring (bicyclic) bond motifs is 1. The first-order valence-corrected chi connectivity index (χ1v) is 9.09. The van der Waals surface area contributed by atoms with Gasteiger partial charge in [0, 0.05) is 37.2 Å². The normalized spacial score (nSPS) is 20.9. The molecule has 1 aromatic carbocycles. The number of carbonyl (C=O) groups excluding carboxylic acids is 2. The van der Waals surface area contributed by atoms with Gasteiger partial charge in [-0.3, -0.25) is 14.3 Å². The van der Waals surface area contributed by atoms with Crippen molar-refractivity contribution in [2.24, 2.45) is 0 Å². The fourth-order valence-corrected chi connectivity index (χ4v) is 3.78. The molecule has 1 saturated carbocycles. The molecule has 1 atom stereocenters. The van der Waals surface area contributed by atoms with Crippen molar-refractivity contribution in [1.29, 1.82) is 0 Å². The molecule has 4 rings (SSSR count). The van der Waals surface area contributed by atoms with E-state index in [4.69, 9.17) is 0 Å². The molecular formula is C19H20F2N4O3. The van der Waals surface area contributed by atoms with Crippen LogP contribution in [0.1, 0.15) is 41.4 Å². The number of amides is 2. The van der Waals surface area contributed by atoms with Gasteiger partial charge >= 0.3 is 0 Å². The Balaban J connectivity index is 1.45. The topological polar surface area (TPSA) is 87.5 Å². The van der Waals surface area contributed by atoms with Gasteiger partial charge in [0.25, 0.3) is 11.8 Å². The smallest absolute Gasteiger partial charge is 0.254 e. The standard InChI is InChI=1S/C19H20F2N4O3/c20-19(21)8-13(9-19)23-17(27)7-15-11-24(10-14-4-5-22-25(14)15)18(28)12-2-1-3-16(26)6-12/h1-6,13,15,26H,7-11H2,(H,23,27). The van der Waals surface area contributed by atoms with Gasteiger partial charge < -0.3 is 15.3 Å². The number of hydrogen-bond donors (Lipinski definition) is 2. The fourth-order valence-electron chi connectivity index (χ4n) is 3.78. The molecule has 0 saturated heterocycles. The molecule has 2 aromatic rings. The number of benzene rings is 1. The van der Waals surface area contributed by atoms with Gasteiger partial charge in [-0.1, -0.05) is 6.07 Å². The van der Waals surface area contributed by atoms with Gasteiger partial charge in [-0.2, -0.15) is 5.10 Å². The van der Waals surface area contributed by atoms with Crippen molar-refractivity contribution in [2.45, 2.75) is 43.8 Å². The summed E-state index contributed by atoms with van der Waals surface area (Å²) in [5, 5.41) is 16.5. The number of aromatic hydroxyl groups is 1. The Labute approximate surface area is 159 Å². The molecule has 1 fully saturated rings. The molecule has 0 radical (unpaired) electrons. The number of phenolic OH excluding ortho intramolecular Hbond substituents is 1. The van der Waals surface area contributed by atoms with Gasteiger partial charge in [-0.25, -0.2) is 8.78 Å². The number of alkyl halides is 2. The lowest BCUT2D eigenvalue weighted by atomic mass is 9.88. The van der Waals surface area contributed by atoms with Crippen LogP contribution in [0.4, 0.5) is 8.78 Å². The zero-order valence-electron chi connectivity index (χ0n) is 15.0. The second-order valence-corrected chi connectivity index (χ2v) is 7.39. The van der Waals surface area contributed by atoms with Crippen LogP contribution in [-0.2, 0) is 11.3 Å². The van der Waals surface area contributed by atoms with E-state index in [0.29, 0.717) is 12.1 Å². The van der Waals surface area contributed by atoms with Gasteiger partial charge in [0.05, 0.1) is 24.7 Å². The van der Waals surface area contributed by atoms with Gasteiger partial charge in [0.15, 0.2) is 0 Å². The van der Waals surface area contributed by atoms with Crippen molar-refractivity contribution < 1.29 is 23.5 Å². The molecule has 0 bridgehead atoms. The third kappa shape index (κ3) is 3.69. The van der Waals surface area contributed by atoms with E-state index in [1.807, 2.05) is 0 Å². The van der Waals surface area contributed by atoms with E-state index in [0.717, 1.165) is 5.69 Å². The summed E-state index contributed by atoms with van der Waals surface area (Å²) in [5.74, 6) is -3.28. The van der Waals surface area contributed by atoms with Crippen molar-refractivity contribution in [3.05, 3.63) is 47.8 Å². The molecule has 2 N–H and O–H groups in total. The molecule has 28 heavy (non-hydrogen) atoms. The molecule has 1 aliphatic carbocycles. The Bertz CT molecular complexity index is 906. The quantitative estimate of drug-likeness (QED) is 0.837. The summed E-state index contributed by atoms with van der Waals surface area (Å²) in [6.07, 6.45) is 0.979. The van der Waals surface area contributed by atoms with Crippen molar-refractivity contribution in [1.82, 2.24) is 20.0 Å². The van der Waals surface area contributed by atoms with Crippen molar-refractivity contribution in [2.75, 3.05) is 6.54 Å². The SMILES string of the molecule is O=C(CC1CN(C(=O)c2cccc(O)c2)Cc2ccnn21)NC1CC(F)(F)C1. The summed E-state index contributed by atoms with van der Waals surface area (Å²) in [7, 11) is 0. The van der Waals surface area contributed by atoms with Gasteiger partial charge in [-0.05, 0) is 24.3 Å². The second kappa shape index (κ2) is 6.88. The fraction of sp³-hybridized carbons (Fsp3) is 0.421. The number of rotatable bonds is 4. The lowest BCUT2D eigenvalue weighted by molar-refractivity contribution is -0.130.